The van der Waals surface area contributed by atoms with Crippen LogP contribution in [0.5, 0.6) is 11.5 Å². The van der Waals surface area contributed by atoms with Crippen molar-refractivity contribution in [2.75, 3.05) is 39.5 Å². The quantitative estimate of drug-likeness (QED) is 0.612. The molecule has 1 aromatic heterocycles. The lowest BCUT2D eigenvalue weighted by Crippen LogP contribution is -3.28. The summed E-state index contributed by atoms with van der Waals surface area (Å²) in [5.41, 5.74) is 1.28. The van der Waals surface area contributed by atoms with Gasteiger partial charge in [0.15, 0.2) is 18.0 Å². The Morgan fingerprint density at radius 1 is 1.08 bits per heavy atom. The van der Waals surface area contributed by atoms with E-state index in [-0.39, 0.29) is 5.91 Å². The molecule has 1 aromatic carbocycles. The largest absolute Gasteiger partial charge is 0.454 e. The Morgan fingerprint density at radius 3 is 2.69 bits per heavy atom. The van der Waals surface area contributed by atoms with Crippen molar-refractivity contribution in [3.05, 3.63) is 46.2 Å². The third-order valence-electron chi connectivity index (χ3n) is 5.01. The van der Waals surface area contributed by atoms with Crippen LogP contribution in [0.2, 0.25) is 0 Å². The topological polar surface area (TPSA) is 56.4 Å². The van der Waals surface area contributed by atoms with Crippen LogP contribution in [0.4, 0.5) is 0 Å². The predicted octanol–water partition coefficient (Wildman–Crippen LogP) is -0.923. The van der Waals surface area contributed by atoms with Crippen molar-refractivity contribution in [1.82, 2.24) is 5.32 Å². The van der Waals surface area contributed by atoms with Crippen molar-refractivity contribution in [2.45, 2.75) is 13.1 Å². The number of hydrogen-bond acceptors (Lipinski definition) is 4. The zero-order chi connectivity index (χ0) is 17.8. The summed E-state index contributed by atoms with van der Waals surface area (Å²) < 4.78 is 10.8. The lowest BCUT2D eigenvalue weighted by atomic mass is 10.1. The van der Waals surface area contributed by atoms with E-state index in [0.29, 0.717) is 19.9 Å². The van der Waals surface area contributed by atoms with Gasteiger partial charge in [-0.25, -0.2) is 0 Å². The molecule has 7 heteroatoms. The number of fused-ring (bicyclic) bond motifs is 1. The van der Waals surface area contributed by atoms with Gasteiger partial charge in [0.25, 0.3) is 5.91 Å². The minimum atomic E-state index is 0.146. The summed E-state index contributed by atoms with van der Waals surface area (Å²) in [6.07, 6.45) is 0. The van der Waals surface area contributed by atoms with Crippen LogP contribution in [0.25, 0.3) is 0 Å². The van der Waals surface area contributed by atoms with Crippen LogP contribution >= 0.6 is 11.3 Å². The average Bonchev–Trinajstić information content (AvgIpc) is 3.33. The average molecular weight is 375 g/mol. The Hall–Kier alpha value is -2.09. The second-order valence-electron chi connectivity index (χ2n) is 6.90. The Morgan fingerprint density at radius 2 is 1.88 bits per heavy atom. The number of carbonyl (C=O) groups excluding carboxylic acids is 1. The maximum atomic E-state index is 12.1. The Kier molecular flexibility index (Phi) is 5.38. The third-order valence-corrected chi connectivity index (χ3v) is 5.88. The first-order valence-electron chi connectivity index (χ1n) is 9.11. The highest BCUT2D eigenvalue weighted by Gasteiger charge is 2.25. The number of amides is 1. The van der Waals surface area contributed by atoms with Gasteiger partial charge in [0.2, 0.25) is 6.79 Å². The minimum Gasteiger partial charge on any atom is -0.454 e. The van der Waals surface area contributed by atoms with E-state index < -0.39 is 0 Å². The molecule has 138 valence electrons. The molecule has 0 unspecified atom stereocenters. The van der Waals surface area contributed by atoms with Gasteiger partial charge >= 0.3 is 0 Å². The van der Waals surface area contributed by atoms with E-state index in [2.05, 4.69) is 23.5 Å². The van der Waals surface area contributed by atoms with E-state index in [4.69, 9.17) is 9.47 Å². The standard InChI is InChI=1S/C19H23N3O3S/c23-19(20-11-16-2-1-9-26-16)13-22-7-5-21(6-8-22)12-15-3-4-17-18(10-15)25-14-24-17/h1-4,9-10H,5-8,11-14H2,(H,20,23)/p+2. The molecule has 0 spiro atoms. The fourth-order valence-corrected chi connectivity index (χ4v) is 4.18. The molecule has 1 amide bonds. The van der Waals surface area contributed by atoms with Crippen molar-refractivity contribution in [2.24, 2.45) is 0 Å². The number of nitrogens with one attached hydrogen (secondary N) is 3. The highest BCUT2D eigenvalue weighted by molar-refractivity contribution is 7.09. The highest BCUT2D eigenvalue weighted by atomic mass is 32.1. The molecule has 2 aliphatic rings. The van der Waals surface area contributed by atoms with Crippen LogP contribution in [0, 0.1) is 0 Å². The van der Waals surface area contributed by atoms with Crippen molar-refractivity contribution in [1.29, 1.82) is 0 Å². The first-order valence-corrected chi connectivity index (χ1v) is 9.99. The lowest BCUT2D eigenvalue weighted by Gasteiger charge is -2.29. The molecule has 2 aromatic rings. The van der Waals surface area contributed by atoms with Crippen LogP contribution in [-0.2, 0) is 17.9 Å². The first-order chi connectivity index (χ1) is 12.8. The molecule has 0 aliphatic carbocycles. The van der Waals surface area contributed by atoms with Crippen molar-refractivity contribution < 1.29 is 24.1 Å². The monoisotopic (exact) mass is 375 g/mol. The number of benzene rings is 1. The normalized spacial score (nSPS) is 21.5. The minimum absolute atomic E-state index is 0.146. The van der Waals surface area contributed by atoms with Gasteiger partial charge in [0.1, 0.15) is 32.7 Å². The van der Waals surface area contributed by atoms with Gasteiger partial charge in [0.05, 0.1) is 6.54 Å². The fraction of sp³-hybridized carbons (Fsp3) is 0.421. The molecule has 0 bridgehead atoms. The highest BCUT2D eigenvalue weighted by Crippen LogP contribution is 2.32. The van der Waals surface area contributed by atoms with Gasteiger partial charge in [-0.05, 0) is 29.6 Å². The van der Waals surface area contributed by atoms with E-state index in [1.54, 1.807) is 16.2 Å². The molecule has 3 N–H and O–H groups in total. The molecule has 0 atom stereocenters. The van der Waals surface area contributed by atoms with Crippen LogP contribution in [-0.4, -0.2) is 45.4 Å². The zero-order valence-corrected chi connectivity index (χ0v) is 15.6. The Balaban J connectivity index is 1.19. The van der Waals surface area contributed by atoms with Gasteiger partial charge in [-0.15, -0.1) is 11.3 Å². The molecule has 1 fully saturated rings. The molecule has 6 nitrogen and oxygen atoms in total. The van der Waals surface area contributed by atoms with E-state index in [9.17, 15) is 4.79 Å². The molecular formula is C19H25N3O3S+2. The predicted molar refractivity (Wildman–Crippen MR) is 98.7 cm³/mol. The lowest BCUT2D eigenvalue weighted by molar-refractivity contribution is -1.02. The summed E-state index contributed by atoms with van der Waals surface area (Å²) in [6.45, 7) is 6.77. The number of quaternary nitrogens is 2. The van der Waals surface area contributed by atoms with Crippen LogP contribution in [0.1, 0.15) is 10.4 Å². The van der Waals surface area contributed by atoms with Crippen LogP contribution in [0.15, 0.2) is 35.7 Å². The molecule has 0 radical (unpaired) electrons. The first kappa shape index (κ1) is 17.3. The molecule has 2 aliphatic heterocycles. The summed E-state index contributed by atoms with van der Waals surface area (Å²) >= 11 is 1.68. The van der Waals surface area contributed by atoms with E-state index in [0.717, 1.165) is 44.2 Å². The molecule has 4 rings (SSSR count). The molecular weight excluding hydrogens is 350 g/mol. The number of rotatable bonds is 6. The van der Waals surface area contributed by atoms with Crippen molar-refractivity contribution in [3.8, 4) is 11.5 Å². The second kappa shape index (κ2) is 8.07. The van der Waals surface area contributed by atoms with Gasteiger partial charge in [-0.2, -0.15) is 0 Å². The van der Waals surface area contributed by atoms with E-state index in [1.807, 2.05) is 17.5 Å². The summed E-state index contributed by atoms with van der Waals surface area (Å²) in [5, 5.41) is 5.06. The number of ether oxygens (including phenoxy) is 2. The van der Waals surface area contributed by atoms with Gasteiger partial charge < -0.3 is 24.6 Å². The second-order valence-corrected chi connectivity index (χ2v) is 7.93. The maximum Gasteiger partial charge on any atom is 0.275 e. The summed E-state index contributed by atoms with van der Waals surface area (Å²) in [6, 6.07) is 10.3. The van der Waals surface area contributed by atoms with Gasteiger partial charge in [0, 0.05) is 10.4 Å². The van der Waals surface area contributed by atoms with E-state index in [1.165, 1.54) is 15.3 Å². The smallest absolute Gasteiger partial charge is 0.275 e. The summed E-state index contributed by atoms with van der Waals surface area (Å²) in [7, 11) is 0. The van der Waals surface area contributed by atoms with Crippen molar-refractivity contribution >= 4 is 17.2 Å². The van der Waals surface area contributed by atoms with E-state index >= 15 is 0 Å². The van der Waals surface area contributed by atoms with Crippen molar-refractivity contribution in [3.63, 3.8) is 0 Å². The SMILES string of the molecule is O=C(C[NH+]1CC[NH+](Cc2ccc3c(c2)OCO3)CC1)NCc1cccs1. The summed E-state index contributed by atoms with van der Waals surface area (Å²) in [4.78, 5) is 16.3. The summed E-state index contributed by atoms with van der Waals surface area (Å²) in [5.74, 6) is 1.84. The molecule has 0 saturated carbocycles. The molecule has 3 heterocycles. The number of piperazine rings is 1. The Bertz CT molecular complexity index is 742. The zero-order valence-electron chi connectivity index (χ0n) is 14.8. The molecule has 26 heavy (non-hydrogen) atoms. The molecule has 1 saturated heterocycles. The van der Waals surface area contributed by atoms with Crippen LogP contribution in [0.3, 0.4) is 0 Å². The van der Waals surface area contributed by atoms with Gasteiger partial charge in [-0.1, -0.05) is 6.07 Å². The number of hydrogen-bond donors (Lipinski definition) is 3. The fourth-order valence-electron chi connectivity index (χ4n) is 3.54. The van der Waals surface area contributed by atoms with Gasteiger partial charge in [-0.3, -0.25) is 4.79 Å². The number of carbonyl (C=O) groups is 1. The van der Waals surface area contributed by atoms with Crippen LogP contribution < -0.4 is 24.6 Å². The number of thiophene rings is 1. The third kappa shape index (κ3) is 4.35. The Labute approximate surface area is 157 Å². The maximum absolute atomic E-state index is 12.1.